The summed E-state index contributed by atoms with van der Waals surface area (Å²) in [5.74, 6) is 0.642. The zero-order valence-electron chi connectivity index (χ0n) is 10.1. The first-order valence-corrected chi connectivity index (χ1v) is 7.33. The van der Waals surface area contributed by atoms with Gasteiger partial charge in [-0.05, 0) is 34.1 Å². The molecule has 0 spiro atoms. The fourth-order valence-electron chi connectivity index (χ4n) is 1.87. The maximum absolute atomic E-state index is 6.08. The third-order valence-corrected chi connectivity index (χ3v) is 4.34. The molecule has 100 valence electrons. The van der Waals surface area contributed by atoms with E-state index in [2.05, 4.69) is 31.4 Å². The topological polar surface area (TPSA) is 37.8 Å². The fourth-order valence-corrected chi connectivity index (χ4v) is 2.50. The van der Waals surface area contributed by atoms with Gasteiger partial charge in [-0.25, -0.2) is 0 Å². The first-order valence-electron chi connectivity index (χ1n) is 5.78. The molecular weight excluding hydrogens is 361 g/mol. The summed E-state index contributed by atoms with van der Waals surface area (Å²) in [6.07, 6.45) is 0. The number of hydrogen-bond donors (Lipinski definition) is 1. The molecule has 0 saturated heterocycles. The summed E-state index contributed by atoms with van der Waals surface area (Å²) < 4.78 is 0.844. The highest BCUT2D eigenvalue weighted by molar-refractivity contribution is 9.10. The van der Waals surface area contributed by atoms with Crippen LogP contribution in [0.25, 0.3) is 10.8 Å². The van der Waals surface area contributed by atoms with Gasteiger partial charge in [-0.3, -0.25) is 0 Å². The van der Waals surface area contributed by atoms with E-state index in [4.69, 9.17) is 23.2 Å². The van der Waals surface area contributed by atoms with Gasteiger partial charge in [-0.1, -0.05) is 47.5 Å². The van der Waals surface area contributed by atoms with Gasteiger partial charge in [-0.2, -0.15) is 0 Å². The van der Waals surface area contributed by atoms with Gasteiger partial charge in [0.05, 0.1) is 5.02 Å². The number of fused-ring (bicyclic) bond motifs is 1. The third-order valence-electron chi connectivity index (χ3n) is 2.82. The Morgan fingerprint density at radius 2 is 1.70 bits per heavy atom. The van der Waals surface area contributed by atoms with Crippen molar-refractivity contribution in [3.63, 3.8) is 0 Å². The second kappa shape index (κ2) is 5.56. The Kier molecular flexibility index (Phi) is 3.78. The molecule has 3 aromatic rings. The van der Waals surface area contributed by atoms with Crippen molar-refractivity contribution in [2.75, 3.05) is 5.32 Å². The van der Waals surface area contributed by atoms with E-state index < -0.39 is 0 Å². The van der Waals surface area contributed by atoms with Crippen LogP contribution in [0, 0.1) is 0 Å². The van der Waals surface area contributed by atoms with Crippen LogP contribution in [0.3, 0.4) is 0 Å². The number of rotatable bonds is 2. The fraction of sp³-hybridized carbons (Fsp3) is 0. The molecular formula is C14H8BrCl2N3. The molecule has 0 aliphatic heterocycles. The van der Waals surface area contributed by atoms with Crippen LogP contribution in [0.15, 0.2) is 46.9 Å². The summed E-state index contributed by atoms with van der Waals surface area (Å²) in [6.45, 7) is 0. The number of aromatic nitrogens is 2. The van der Waals surface area contributed by atoms with Crippen LogP contribution < -0.4 is 5.32 Å². The van der Waals surface area contributed by atoms with E-state index in [0.717, 1.165) is 20.9 Å². The molecule has 0 unspecified atom stereocenters. The van der Waals surface area contributed by atoms with E-state index in [1.807, 2.05) is 42.5 Å². The maximum Gasteiger partial charge on any atom is 0.161 e. The summed E-state index contributed by atoms with van der Waals surface area (Å²) in [5.41, 5.74) is 0.833. The van der Waals surface area contributed by atoms with E-state index >= 15 is 0 Å². The molecule has 0 fully saturated rings. The lowest BCUT2D eigenvalue weighted by molar-refractivity contribution is 1.05. The predicted molar refractivity (Wildman–Crippen MR) is 87.0 cm³/mol. The van der Waals surface area contributed by atoms with Gasteiger partial charge >= 0.3 is 0 Å². The van der Waals surface area contributed by atoms with Gasteiger partial charge < -0.3 is 5.32 Å². The molecule has 6 heteroatoms. The van der Waals surface area contributed by atoms with Crippen molar-refractivity contribution in [3.05, 3.63) is 57.1 Å². The Morgan fingerprint density at radius 3 is 2.45 bits per heavy atom. The summed E-state index contributed by atoms with van der Waals surface area (Å²) in [6, 6.07) is 13.3. The smallest absolute Gasteiger partial charge is 0.161 e. The highest BCUT2D eigenvalue weighted by Gasteiger charge is 2.08. The Bertz CT molecular complexity index is 792. The molecule has 0 radical (unpaired) electrons. The Morgan fingerprint density at radius 1 is 0.950 bits per heavy atom. The number of hydrogen-bond acceptors (Lipinski definition) is 3. The Balaban J connectivity index is 2.06. The largest absolute Gasteiger partial charge is 0.338 e. The maximum atomic E-state index is 6.08. The molecule has 0 saturated carbocycles. The molecule has 1 N–H and O–H groups in total. The van der Waals surface area contributed by atoms with Gasteiger partial charge in [0.15, 0.2) is 11.0 Å². The normalized spacial score (nSPS) is 10.8. The van der Waals surface area contributed by atoms with Crippen molar-refractivity contribution in [2.45, 2.75) is 0 Å². The van der Waals surface area contributed by atoms with Gasteiger partial charge in [0, 0.05) is 20.9 Å². The summed E-state index contributed by atoms with van der Waals surface area (Å²) in [4.78, 5) is 0. The van der Waals surface area contributed by atoms with Crippen LogP contribution in [0.2, 0.25) is 10.2 Å². The molecule has 0 amide bonds. The summed E-state index contributed by atoms with van der Waals surface area (Å²) >= 11 is 15.5. The van der Waals surface area contributed by atoms with Crippen molar-refractivity contribution in [2.24, 2.45) is 0 Å². The van der Waals surface area contributed by atoms with Crippen LogP contribution in [0.5, 0.6) is 0 Å². The minimum atomic E-state index is 0.389. The zero-order chi connectivity index (χ0) is 14.1. The lowest BCUT2D eigenvalue weighted by Gasteiger charge is -2.09. The summed E-state index contributed by atoms with van der Waals surface area (Å²) in [7, 11) is 0. The third kappa shape index (κ3) is 2.59. The van der Waals surface area contributed by atoms with E-state index in [1.165, 1.54) is 0 Å². The van der Waals surface area contributed by atoms with E-state index in [9.17, 15) is 0 Å². The van der Waals surface area contributed by atoms with Crippen molar-refractivity contribution in [1.82, 2.24) is 10.2 Å². The average Bonchev–Trinajstić information content (AvgIpc) is 2.46. The number of benzene rings is 2. The van der Waals surface area contributed by atoms with Crippen LogP contribution in [-0.4, -0.2) is 10.2 Å². The zero-order valence-corrected chi connectivity index (χ0v) is 13.2. The Hall–Kier alpha value is -1.36. The van der Waals surface area contributed by atoms with Crippen molar-refractivity contribution in [1.29, 1.82) is 0 Å². The highest BCUT2D eigenvalue weighted by atomic mass is 79.9. The average molecular weight is 369 g/mol. The molecule has 3 rings (SSSR count). The van der Waals surface area contributed by atoms with Crippen LogP contribution >= 0.6 is 39.1 Å². The minimum Gasteiger partial charge on any atom is -0.338 e. The van der Waals surface area contributed by atoms with E-state index in [-0.39, 0.29) is 0 Å². The second-order valence-electron chi connectivity index (χ2n) is 4.14. The van der Waals surface area contributed by atoms with Crippen LogP contribution in [-0.2, 0) is 0 Å². The highest BCUT2D eigenvalue weighted by Crippen LogP contribution is 2.30. The van der Waals surface area contributed by atoms with E-state index in [1.54, 1.807) is 0 Å². The van der Waals surface area contributed by atoms with Gasteiger partial charge in [0.1, 0.15) is 0 Å². The number of nitrogens with one attached hydrogen (secondary N) is 1. The second-order valence-corrected chi connectivity index (χ2v) is 5.76. The number of anilines is 2. The molecule has 0 aliphatic carbocycles. The SMILES string of the molecule is Clc1cc(Nc2nnc(Cl)c3ccccc23)ccc1Br. The van der Waals surface area contributed by atoms with Gasteiger partial charge in [0.25, 0.3) is 0 Å². The minimum absolute atomic E-state index is 0.389. The molecule has 0 bridgehead atoms. The predicted octanol–water partition coefficient (Wildman–Crippen LogP) is 5.44. The monoisotopic (exact) mass is 367 g/mol. The Labute approximate surface area is 134 Å². The number of nitrogens with zero attached hydrogens (tertiary/aromatic N) is 2. The first-order chi connectivity index (χ1) is 9.65. The summed E-state index contributed by atoms with van der Waals surface area (Å²) in [5, 5.41) is 14.0. The van der Waals surface area contributed by atoms with Crippen molar-refractivity contribution in [3.8, 4) is 0 Å². The number of halogens is 3. The molecule has 1 aromatic heterocycles. The van der Waals surface area contributed by atoms with Gasteiger partial charge in [0.2, 0.25) is 0 Å². The molecule has 0 atom stereocenters. The van der Waals surface area contributed by atoms with Gasteiger partial charge in [-0.15, -0.1) is 10.2 Å². The van der Waals surface area contributed by atoms with Crippen LogP contribution in [0.4, 0.5) is 11.5 Å². The van der Waals surface area contributed by atoms with Crippen LogP contribution in [0.1, 0.15) is 0 Å². The quantitative estimate of drug-likeness (QED) is 0.654. The van der Waals surface area contributed by atoms with Crippen molar-refractivity contribution >= 4 is 61.4 Å². The molecule has 20 heavy (non-hydrogen) atoms. The standard InChI is InChI=1S/C14H8BrCl2N3/c15-11-6-5-8(7-12(11)16)18-14-10-4-2-1-3-9(10)13(17)19-20-14/h1-7H,(H,18,20). The molecule has 3 nitrogen and oxygen atoms in total. The molecule has 2 aromatic carbocycles. The lowest BCUT2D eigenvalue weighted by Crippen LogP contribution is -1.97. The molecule has 1 heterocycles. The first kappa shape index (κ1) is 13.6. The van der Waals surface area contributed by atoms with E-state index in [0.29, 0.717) is 16.0 Å². The molecule has 0 aliphatic rings. The van der Waals surface area contributed by atoms with Crippen molar-refractivity contribution < 1.29 is 0 Å². The lowest BCUT2D eigenvalue weighted by atomic mass is 10.2.